The summed E-state index contributed by atoms with van der Waals surface area (Å²) in [5.41, 5.74) is 1.25. The Bertz CT molecular complexity index is 235. The summed E-state index contributed by atoms with van der Waals surface area (Å²) in [6, 6.07) is 10.4. The van der Waals surface area contributed by atoms with Gasteiger partial charge in [0, 0.05) is 25.2 Å². The van der Waals surface area contributed by atoms with Crippen molar-refractivity contribution in [1.82, 2.24) is 0 Å². The standard InChI is InChI=1S/C11H16ClN/c1-10(8-12)9-13(2)11-6-4-3-5-7-11/h3-7,10H,8-9H2,1-2H3. The number of halogens is 1. The molecule has 0 aliphatic heterocycles. The van der Waals surface area contributed by atoms with Crippen LogP contribution in [0.3, 0.4) is 0 Å². The molecule has 1 unspecified atom stereocenters. The Kier molecular flexibility index (Phi) is 4.10. The monoisotopic (exact) mass is 197 g/mol. The molecule has 0 saturated carbocycles. The first-order valence-corrected chi connectivity index (χ1v) is 5.09. The molecule has 0 fully saturated rings. The van der Waals surface area contributed by atoms with Gasteiger partial charge in [-0.1, -0.05) is 25.1 Å². The third-order valence-corrected chi connectivity index (χ3v) is 2.57. The molecule has 0 aliphatic rings. The minimum absolute atomic E-state index is 0.534. The normalized spacial score (nSPS) is 12.5. The first kappa shape index (κ1) is 10.4. The summed E-state index contributed by atoms with van der Waals surface area (Å²) < 4.78 is 0. The van der Waals surface area contributed by atoms with Crippen LogP contribution in [-0.4, -0.2) is 19.5 Å². The van der Waals surface area contributed by atoms with Gasteiger partial charge in [0.05, 0.1) is 0 Å². The minimum Gasteiger partial charge on any atom is -0.374 e. The molecule has 0 amide bonds. The van der Waals surface area contributed by atoms with E-state index in [1.54, 1.807) is 0 Å². The molecule has 0 aromatic heterocycles. The van der Waals surface area contributed by atoms with E-state index in [1.165, 1.54) is 5.69 Å². The van der Waals surface area contributed by atoms with Crippen LogP contribution >= 0.6 is 11.6 Å². The second-order valence-corrected chi connectivity index (χ2v) is 3.78. The van der Waals surface area contributed by atoms with Crippen molar-refractivity contribution in [3.8, 4) is 0 Å². The van der Waals surface area contributed by atoms with Crippen LogP contribution in [0.2, 0.25) is 0 Å². The highest BCUT2D eigenvalue weighted by Gasteiger charge is 2.04. The van der Waals surface area contributed by atoms with Crippen molar-refractivity contribution in [2.75, 3.05) is 24.4 Å². The molecule has 1 aromatic rings. The van der Waals surface area contributed by atoms with E-state index in [9.17, 15) is 0 Å². The zero-order valence-corrected chi connectivity index (χ0v) is 8.96. The second kappa shape index (κ2) is 5.13. The fraction of sp³-hybridized carbons (Fsp3) is 0.455. The van der Waals surface area contributed by atoms with Crippen molar-refractivity contribution in [3.63, 3.8) is 0 Å². The molecule has 0 spiro atoms. The van der Waals surface area contributed by atoms with Gasteiger partial charge in [-0.15, -0.1) is 11.6 Å². The van der Waals surface area contributed by atoms with E-state index in [0.717, 1.165) is 12.4 Å². The third kappa shape index (κ3) is 3.27. The summed E-state index contributed by atoms with van der Waals surface area (Å²) in [5.74, 6) is 1.25. The average molecular weight is 198 g/mol. The van der Waals surface area contributed by atoms with Gasteiger partial charge in [-0.25, -0.2) is 0 Å². The number of hydrogen-bond donors (Lipinski definition) is 0. The maximum absolute atomic E-state index is 5.76. The highest BCUT2D eigenvalue weighted by Crippen LogP contribution is 2.13. The van der Waals surface area contributed by atoms with Gasteiger partial charge in [0.25, 0.3) is 0 Å². The number of benzene rings is 1. The Labute approximate surface area is 85.3 Å². The number of hydrogen-bond acceptors (Lipinski definition) is 1. The highest BCUT2D eigenvalue weighted by atomic mass is 35.5. The van der Waals surface area contributed by atoms with Crippen LogP contribution < -0.4 is 4.90 Å². The van der Waals surface area contributed by atoms with Crippen LogP contribution in [0.5, 0.6) is 0 Å². The molecule has 13 heavy (non-hydrogen) atoms. The van der Waals surface area contributed by atoms with Crippen molar-refractivity contribution < 1.29 is 0 Å². The number of rotatable bonds is 4. The second-order valence-electron chi connectivity index (χ2n) is 3.48. The fourth-order valence-corrected chi connectivity index (χ4v) is 1.40. The lowest BCUT2D eigenvalue weighted by Gasteiger charge is -2.22. The lowest BCUT2D eigenvalue weighted by Crippen LogP contribution is -2.24. The van der Waals surface area contributed by atoms with Gasteiger partial charge >= 0.3 is 0 Å². The van der Waals surface area contributed by atoms with Crippen molar-refractivity contribution in [2.24, 2.45) is 5.92 Å². The van der Waals surface area contributed by atoms with Crippen LogP contribution in [0.1, 0.15) is 6.92 Å². The van der Waals surface area contributed by atoms with Gasteiger partial charge < -0.3 is 4.90 Å². The van der Waals surface area contributed by atoms with Gasteiger partial charge in [0.2, 0.25) is 0 Å². The summed E-state index contributed by atoms with van der Waals surface area (Å²) in [4.78, 5) is 2.23. The highest BCUT2D eigenvalue weighted by molar-refractivity contribution is 6.18. The average Bonchev–Trinajstić information content (AvgIpc) is 2.19. The molecule has 0 bridgehead atoms. The molecule has 72 valence electrons. The molecular formula is C11H16ClN. The molecule has 0 aliphatic carbocycles. The van der Waals surface area contributed by atoms with Gasteiger partial charge in [0.15, 0.2) is 0 Å². The molecule has 0 heterocycles. The summed E-state index contributed by atoms with van der Waals surface area (Å²) in [6.45, 7) is 3.17. The van der Waals surface area contributed by atoms with Crippen LogP contribution in [0, 0.1) is 5.92 Å². The van der Waals surface area contributed by atoms with Crippen molar-refractivity contribution >= 4 is 17.3 Å². The summed E-state index contributed by atoms with van der Waals surface area (Å²) >= 11 is 5.76. The van der Waals surface area contributed by atoms with Gasteiger partial charge in [-0.2, -0.15) is 0 Å². The van der Waals surface area contributed by atoms with Crippen LogP contribution in [0.15, 0.2) is 30.3 Å². The topological polar surface area (TPSA) is 3.24 Å². The lowest BCUT2D eigenvalue weighted by atomic mass is 10.2. The van der Waals surface area contributed by atoms with Crippen LogP contribution in [0.25, 0.3) is 0 Å². The Morgan fingerprint density at radius 1 is 1.31 bits per heavy atom. The van der Waals surface area contributed by atoms with E-state index in [2.05, 4.69) is 43.1 Å². The minimum atomic E-state index is 0.534. The van der Waals surface area contributed by atoms with Crippen LogP contribution in [-0.2, 0) is 0 Å². The predicted molar refractivity (Wildman–Crippen MR) is 59.6 cm³/mol. The predicted octanol–water partition coefficient (Wildman–Crippen LogP) is 3.00. The quantitative estimate of drug-likeness (QED) is 0.671. The fourth-order valence-electron chi connectivity index (χ4n) is 1.30. The molecule has 0 saturated heterocycles. The summed E-state index contributed by atoms with van der Waals surface area (Å²) in [5, 5.41) is 0. The smallest absolute Gasteiger partial charge is 0.0363 e. The van der Waals surface area contributed by atoms with Gasteiger partial charge in [0.1, 0.15) is 0 Å². The van der Waals surface area contributed by atoms with E-state index in [1.807, 2.05) is 6.07 Å². The van der Waals surface area contributed by atoms with E-state index in [4.69, 9.17) is 11.6 Å². The Morgan fingerprint density at radius 3 is 2.46 bits per heavy atom. The number of anilines is 1. The van der Waals surface area contributed by atoms with E-state index in [-0.39, 0.29) is 0 Å². The van der Waals surface area contributed by atoms with E-state index < -0.39 is 0 Å². The molecular weight excluding hydrogens is 182 g/mol. The Balaban J connectivity index is 2.53. The Morgan fingerprint density at radius 2 is 1.92 bits per heavy atom. The number of para-hydroxylation sites is 1. The zero-order valence-electron chi connectivity index (χ0n) is 8.20. The molecule has 0 N–H and O–H groups in total. The molecule has 1 nitrogen and oxygen atoms in total. The molecule has 1 atom stereocenters. The van der Waals surface area contributed by atoms with Crippen molar-refractivity contribution in [3.05, 3.63) is 30.3 Å². The number of nitrogens with zero attached hydrogens (tertiary/aromatic N) is 1. The molecule has 1 rings (SSSR count). The molecule has 1 aromatic carbocycles. The van der Waals surface area contributed by atoms with E-state index in [0.29, 0.717) is 5.92 Å². The summed E-state index contributed by atoms with van der Waals surface area (Å²) in [6.07, 6.45) is 0. The number of alkyl halides is 1. The maximum Gasteiger partial charge on any atom is 0.0363 e. The molecule has 0 radical (unpaired) electrons. The van der Waals surface area contributed by atoms with E-state index >= 15 is 0 Å². The van der Waals surface area contributed by atoms with Crippen molar-refractivity contribution in [1.29, 1.82) is 0 Å². The Hall–Kier alpha value is -0.690. The summed E-state index contributed by atoms with van der Waals surface area (Å²) in [7, 11) is 2.10. The molecule has 2 heteroatoms. The SMILES string of the molecule is CC(CCl)CN(C)c1ccccc1. The third-order valence-electron chi connectivity index (χ3n) is 2.05. The largest absolute Gasteiger partial charge is 0.374 e. The first-order chi connectivity index (χ1) is 6.24. The van der Waals surface area contributed by atoms with Gasteiger partial charge in [-0.05, 0) is 18.1 Å². The zero-order chi connectivity index (χ0) is 9.68. The lowest BCUT2D eigenvalue weighted by molar-refractivity contribution is 0.645. The maximum atomic E-state index is 5.76. The van der Waals surface area contributed by atoms with Crippen molar-refractivity contribution in [2.45, 2.75) is 6.92 Å². The first-order valence-electron chi connectivity index (χ1n) is 4.56. The van der Waals surface area contributed by atoms with Crippen LogP contribution in [0.4, 0.5) is 5.69 Å². The van der Waals surface area contributed by atoms with Gasteiger partial charge in [-0.3, -0.25) is 0 Å².